The lowest BCUT2D eigenvalue weighted by Crippen LogP contribution is -2.60. The molecular weight excluding hydrogens is 166 g/mol. The summed E-state index contributed by atoms with van der Waals surface area (Å²) in [6, 6.07) is 1.08. The summed E-state index contributed by atoms with van der Waals surface area (Å²) in [5, 5.41) is 9.68. The lowest BCUT2D eigenvalue weighted by Gasteiger charge is -2.48. The van der Waals surface area contributed by atoms with Gasteiger partial charge in [-0.2, -0.15) is 0 Å². The van der Waals surface area contributed by atoms with E-state index in [4.69, 9.17) is 4.74 Å². The van der Waals surface area contributed by atoms with Crippen LogP contribution in [0.1, 0.15) is 19.3 Å². The van der Waals surface area contributed by atoms with Crippen molar-refractivity contribution >= 4 is 0 Å². The number of rotatable bonds is 1. The monoisotopic (exact) mass is 183 g/mol. The normalized spacial score (nSPS) is 50.5. The van der Waals surface area contributed by atoms with Gasteiger partial charge in [-0.15, -0.1) is 0 Å². The highest BCUT2D eigenvalue weighted by Crippen LogP contribution is 2.41. The van der Waals surface area contributed by atoms with Crippen molar-refractivity contribution in [2.45, 2.75) is 37.5 Å². The first kappa shape index (κ1) is 8.21. The summed E-state index contributed by atoms with van der Waals surface area (Å²) in [5.41, 5.74) is 0. The minimum Gasteiger partial charge on any atom is -0.389 e. The van der Waals surface area contributed by atoms with E-state index in [-0.39, 0.29) is 6.10 Å². The van der Waals surface area contributed by atoms with Gasteiger partial charge in [-0.05, 0) is 18.8 Å². The van der Waals surface area contributed by atoms with E-state index >= 15 is 0 Å². The Hall–Kier alpha value is -0.120. The van der Waals surface area contributed by atoms with E-state index in [1.54, 1.807) is 0 Å². The fourth-order valence-electron chi connectivity index (χ4n) is 3.16. The van der Waals surface area contributed by atoms with Crippen LogP contribution in [0.2, 0.25) is 0 Å². The SMILES string of the molecule is OC1COCC1N1CC2CCCC21. The number of fused-ring (bicyclic) bond motifs is 1. The van der Waals surface area contributed by atoms with Gasteiger partial charge in [-0.1, -0.05) is 6.42 Å². The average Bonchev–Trinajstić information content (AvgIpc) is 2.62. The first-order chi connectivity index (χ1) is 6.36. The van der Waals surface area contributed by atoms with Crippen LogP contribution < -0.4 is 0 Å². The van der Waals surface area contributed by atoms with Crippen LogP contribution in [0.15, 0.2) is 0 Å². The van der Waals surface area contributed by atoms with Crippen LogP contribution >= 0.6 is 0 Å². The molecule has 1 aliphatic carbocycles. The van der Waals surface area contributed by atoms with Crippen LogP contribution in [0, 0.1) is 5.92 Å². The smallest absolute Gasteiger partial charge is 0.0950 e. The molecular formula is C10H17NO2. The molecule has 0 amide bonds. The number of nitrogens with zero attached hydrogens (tertiary/aromatic N) is 1. The molecule has 74 valence electrons. The minimum atomic E-state index is -0.235. The molecule has 2 aliphatic heterocycles. The van der Waals surface area contributed by atoms with Gasteiger partial charge in [0.25, 0.3) is 0 Å². The lowest BCUT2D eigenvalue weighted by molar-refractivity contribution is -0.0361. The van der Waals surface area contributed by atoms with E-state index in [9.17, 15) is 5.11 Å². The third-order valence-electron chi connectivity index (χ3n) is 3.94. The zero-order valence-corrected chi connectivity index (χ0v) is 7.85. The molecule has 0 radical (unpaired) electrons. The van der Waals surface area contributed by atoms with Crippen LogP contribution in [0.5, 0.6) is 0 Å². The van der Waals surface area contributed by atoms with E-state index in [1.165, 1.54) is 25.8 Å². The number of hydrogen-bond acceptors (Lipinski definition) is 3. The molecule has 0 spiro atoms. The number of aliphatic hydroxyl groups excluding tert-OH is 1. The van der Waals surface area contributed by atoms with E-state index < -0.39 is 0 Å². The maximum absolute atomic E-state index is 9.68. The van der Waals surface area contributed by atoms with Crippen molar-refractivity contribution in [2.75, 3.05) is 19.8 Å². The van der Waals surface area contributed by atoms with E-state index in [0.717, 1.165) is 18.6 Å². The number of ether oxygens (including phenoxy) is 1. The third kappa shape index (κ3) is 1.14. The van der Waals surface area contributed by atoms with E-state index in [0.29, 0.717) is 12.6 Å². The van der Waals surface area contributed by atoms with Crippen molar-refractivity contribution in [2.24, 2.45) is 5.92 Å². The highest BCUT2D eigenvalue weighted by Gasteiger charge is 2.47. The van der Waals surface area contributed by atoms with Gasteiger partial charge in [0.15, 0.2) is 0 Å². The molecule has 1 N–H and O–H groups in total. The summed E-state index contributed by atoms with van der Waals surface area (Å²) >= 11 is 0. The zero-order valence-electron chi connectivity index (χ0n) is 7.85. The Morgan fingerprint density at radius 3 is 2.77 bits per heavy atom. The van der Waals surface area contributed by atoms with Crippen LogP contribution in [-0.2, 0) is 4.74 Å². The fourth-order valence-corrected chi connectivity index (χ4v) is 3.16. The van der Waals surface area contributed by atoms with Gasteiger partial charge in [-0.25, -0.2) is 0 Å². The molecule has 3 rings (SSSR count). The summed E-state index contributed by atoms with van der Waals surface area (Å²) in [7, 11) is 0. The summed E-state index contributed by atoms with van der Waals surface area (Å²) in [6.45, 7) is 2.48. The van der Waals surface area contributed by atoms with Gasteiger partial charge in [0, 0.05) is 12.6 Å². The standard InChI is InChI=1S/C10H17NO2/c12-10-6-13-5-9(10)11-4-7-2-1-3-8(7)11/h7-10,12H,1-6H2. The lowest BCUT2D eigenvalue weighted by atomic mass is 9.89. The Morgan fingerprint density at radius 1 is 1.15 bits per heavy atom. The second kappa shape index (κ2) is 2.94. The highest BCUT2D eigenvalue weighted by atomic mass is 16.5. The average molecular weight is 183 g/mol. The van der Waals surface area contributed by atoms with Crippen LogP contribution in [0.4, 0.5) is 0 Å². The highest BCUT2D eigenvalue weighted by molar-refractivity contribution is 5.01. The second-order valence-electron chi connectivity index (χ2n) is 4.63. The first-order valence-electron chi connectivity index (χ1n) is 5.38. The Bertz CT molecular complexity index is 209. The Labute approximate surface area is 78.7 Å². The summed E-state index contributed by atoms with van der Waals surface area (Å²) in [5.74, 6) is 0.938. The molecule has 1 saturated carbocycles. The van der Waals surface area contributed by atoms with E-state index in [2.05, 4.69) is 4.90 Å². The molecule has 4 atom stereocenters. The summed E-state index contributed by atoms with van der Waals surface area (Å²) in [6.07, 6.45) is 3.90. The molecule has 4 unspecified atom stereocenters. The van der Waals surface area contributed by atoms with E-state index in [1.807, 2.05) is 0 Å². The molecule has 3 aliphatic rings. The first-order valence-corrected chi connectivity index (χ1v) is 5.38. The van der Waals surface area contributed by atoms with Crippen LogP contribution in [-0.4, -0.2) is 48.0 Å². The molecule has 0 bridgehead atoms. The number of likely N-dealkylation sites (tertiary alicyclic amines) is 1. The fraction of sp³-hybridized carbons (Fsp3) is 1.00. The Kier molecular flexibility index (Phi) is 1.86. The van der Waals surface area contributed by atoms with Gasteiger partial charge >= 0.3 is 0 Å². The van der Waals surface area contributed by atoms with Gasteiger partial charge in [0.2, 0.25) is 0 Å². The second-order valence-corrected chi connectivity index (χ2v) is 4.63. The molecule has 3 fully saturated rings. The van der Waals surface area contributed by atoms with Gasteiger partial charge < -0.3 is 9.84 Å². The van der Waals surface area contributed by atoms with Crippen LogP contribution in [0.25, 0.3) is 0 Å². The number of hydrogen-bond donors (Lipinski definition) is 1. The molecule has 13 heavy (non-hydrogen) atoms. The third-order valence-corrected chi connectivity index (χ3v) is 3.94. The molecule has 0 aromatic heterocycles. The van der Waals surface area contributed by atoms with Crippen molar-refractivity contribution in [3.63, 3.8) is 0 Å². The molecule has 0 aromatic carbocycles. The molecule has 0 aromatic rings. The van der Waals surface area contributed by atoms with Gasteiger partial charge in [0.1, 0.15) is 0 Å². The molecule has 3 nitrogen and oxygen atoms in total. The van der Waals surface area contributed by atoms with Crippen LogP contribution in [0.3, 0.4) is 0 Å². The Balaban J connectivity index is 1.66. The van der Waals surface area contributed by atoms with Crippen molar-refractivity contribution < 1.29 is 9.84 Å². The van der Waals surface area contributed by atoms with Crippen molar-refractivity contribution in [1.29, 1.82) is 0 Å². The molecule has 3 heteroatoms. The minimum absolute atomic E-state index is 0.235. The summed E-state index contributed by atoms with van der Waals surface area (Å²) < 4.78 is 5.28. The molecule has 2 heterocycles. The maximum atomic E-state index is 9.68. The van der Waals surface area contributed by atoms with Crippen molar-refractivity contribution in [1.82, 2.24) is 4.90 Å². The largest absolute Gasteiger partial charge is 0.389 e. The molecule has 2 saturated heterocycles. The maximum Gasteiger partial charge on any atom is 0.0950 e. The van der Waals surface area contributed by atoms with Crippen molar-refractivity contribution in [3.05, 3.63) is 0 Å². The van der Waals surface area contributed by atoms with Crippen molar-refractivity contribution in [3.8, 4) is 0 Å². The predicted molar refractivity (Wildman–Crippen MR) is 48.4 cm³/mol. The Morgan fingerprint density at radius 2 is 2.08 bits per heavy atom. The zero-order chi connectivity index (χ0) is 8.84. The number of aliphatic hydroxyl groups is 1. The van der Waals surface area contributed by atoms with Gasteiger partial charge in [0.05, 0.1) is 25.4 Å². The quantitative estimate of drug-likeness (QED) is 0.631. The van der Waals surface area contributed by atoms with Gasteiger partial charge in [-0.3, -0.25) is 4.90 Å². The summed E-state index contributed by atoms with van der Waals surface area (Å²) in [4.78, 5) is 2.47. The topological polar surface area (TPSA) is 32.7 Å². The predicted octanol–water partition coefficient (Wildman–Crippen LogP) is 0.230.